The summed E-state index contributed by atoms with van der Waals surface area (Å²) in [7, 11) is 0. The lowest BCUT2D eigenvalue weighted by Crippen LogP contribution is -2.16. The minimum atomic E-state index is -1.21. The molecule has 4 nitrogen and oxygen atoms in total. The van der Waals surface area contributed by atoms with Gasteiger partial charge in [0.1, 0.15) is 0 Å². The first-order valence-corrected chi connectivity index (χ1v) is 6.82. The molecule has 0 aliphatic rings. The Morgan fingerprint density at radius 2 is 1.43 bits per heavy atom. The van der Waals surface area contributed by atoms with E-state index in [9.17, 15) is 9.59 Å². The minimum Gasteiger partial charge on any atom is -0.478 e. The highest BCUT2D eigenvalue weighted by Gasteiger charge is 2.19. The van der Waals surface area contributed by atoms with Crippen molar-refractivity contribution in [3.8, 4) is 0 Å². The summed E-state index contributed by atoms with van der Waals surface area (Å²) in [6, 6.07) is 8.89. The third kappa shape index (κ3) is 3.29. The molecule has 0 radical (unpaired) electrons. The number of halogens is 3. The van der Waals surface area contributed by atoms with Crippen LogP contribution in [0.3, 0.4) is 0 Å². The van der Waals surface area contributed by atoms with Gasteiger partial charge in [-0.05, 0) is 24.3 Å². The van der Waals surface area contributed by atoms with Crippen LogP contribution in [0.15, 0.2) is 36.4 Å². The molecule has 2 aromatic carbocycles. The summed E-state index contributed by atoms with van der Waals surface area (Å²) in [5.74, 6) is -1.85. The van der Waals surface area contributed by atoms with Gasteiger partial charge in [0, 0.05) is 0 Å². The topological polar surface area (TPSA) is 66.4 Å². The van der Waals surface area contributed by atoms with Gasteiger partial charge in [-0.25, -0.2) is 4.79 Å². The van der Waals surface area contributed by atoms with E-state index in [2.05, 4.69) is 5.32 Å². The Hall–Kier alpha value is -1.75. The predicted molar refractivity (Wildman–Crippen MR) is 82.8 cm³/mol. The summed E-state index contributed by atoms with van der Waals surface area (Å²) >= 11 is 17.8. The molecule has 2 aromatic rings. The zero-order chi connectivity index (χ0) is 15.6. The average Bonchev–Trinajstić information content (AvgIpc) is 2.40. The third-order valence-electron chi connectivity index (χ3n) is 2.67. The van der Waals surface area contributed by atoms with Crippen molar-refractivity contribution in [3.05, 3.63) is 62.6 Å². The van der Waals surface area contributed by atoms with Crippen molar-refractivity contribution >= 4 is 52.4 Å². The van der Waals surface area contributed by atoms with E-state index in [-0.39, 0.29) is 31.9 Å². The smallest absolute Gasteiger partial charge is 0.337 e. The molecule has 7 heteroatoms. The highest BCUT2D eigenvalue weighted by Crippen LogP contribution is 2.29. The normalized spacial score (nSPS) is 10.2. The highest BCUT2D eigenvalue weighted by atomic mass is 35.5. The van der Waals surface area contributed by atoms with Gasteiger partial charge in [0.15, 0.2) is 0 Å². The number of amides is 1. The van der Waals surface area contributed by atoms with Gasteiger partial charge < -0.3 is 10.4 Å². The van der Waals surface area contributed by atoms with Crippen molar-refractivity contribution in [2.75, 3.05) is 5.32 Å². The summed E-state index contributed by atoms with van der Waals surface area (Å²) in [6.07, 6.45) is 0. The van der Waals surface area contributed by atoms with E-state index >= 15 is 0 Å². The number of benzene rings is 2. The van der Waals surface area contributed by atoms with Crippen LogP contribution in [0.25, 0.3) is 0 Å². The molecule has 0 atom stereocenters. The van der Waals surface area contributed by atoms with Gasteiger partial charge in [-0.3, -0.25) is 4.79 Å². The summed E-state index contributed by atoms with van der Waals surface area (Å²) in [6.45, 7) is 0. The first-order chi connectivity index (χ1) is 9.91. The highest BCUT2D eigenvalue weighted by molar-refractivity contribution is 6.41. The molecule has 1 amide bonds. The molecule has 0 aromatic heterocycles. The standard InChI is InChI=1S/C14H8Cl3NO3/c15-8-4-2-5-9(16)11(8)13(19)18-12-7(14(20)21)3-1-6-10(12)17/h1-6H,(H,18,19)(H,20,21). The Labute approximate surface area is 135 Å². The van der Waals surface area contributed by atoms with Gasteiger partial charge in [-0.15, -0.1) is 0 Å². The lowest BCUT2D eigenvalue weighted by atomic mass is 10.1. The maximum atomic E-state index is 12.3. The molecule has 0 bridgehead atoms. The first kappa shape index (κ1) is 15.6. The first-order valence-electron chi connectivity index (χ1n) is 5.69. The average molecular weight is 345 g/mol. The number of hydrogen-bond donors (Lipinski definition) is 2. The molecule has 0 fully saturated rings. The lowest BCUT2D eigenvalue weighted by Gasteiger charge is -2.12. The molecule has 21 heavy (non-hydrogen) atoms. The second kappa shape index (κ2) is 6.35. The van der Waals surface area contributed by atoms with Crippen LogP contribution < -0.4 is 5.32 Å². The van der Waals surface area contributed by atoms with Gasteiger partial charge in [-0.2, -0.15) is 0 Å². The van der Waals surface area contributed by atoms with E-state index in [1.165, 1.54) is 30.3 Å². The Bertz CT molecular complexity index is 711. The number of carboxylic acids is 1. The second-order valence-corrected chi connectivity index (χ2v) is 5.24. The van der Waals surface area contributed by atoms with Gasteiger partial charge in [-0.1, -0.05) is 46.9 Å². The Kier molecular flexibility index (Phi) is 4.73. The maximum absolute atomic E-state index is 12.3. The van der Waals surface area contributed by atoms with Crippen LogP contribution in [0.4, 0.5) is 5.69 Å². The second-order valence-electron chi connectivity index (χ2n) is 4.02. The summed E-state index contributed by atoms with van der Waals surface area (Å²) in [5.41, 5.74) is -0.0798. The summed E-state index contributed by atoms with van der Waals surface area (Å²) < 4.78 is 0. The van der Waals surface area contributed by atoms with Gasteiger partial charge in [0.2, 0.25) is 0 Å². The van der Waals surface area contributed by atoms with Crippen LogP contribution in [-0.2, 0) is 0 Å². The number of nitrogens with one attached hydrogen (secondary N) is 1. The van der Waals surface area contributed by atoms with E-state index in [4.69, 9.17) is 39.9 Å². The van der Waals surface area contributed by atoms with Gasteiger partial charge >= 0.3 is 5.97 Å². The number of anilines is 1. The van der Waals surface area contributed by atoms with E-state index < -0.39 is 11.9 Å². The molecule has 0 aliphatic heterocycles. The van der Waals surface area contributed by atoms with Crippen molar-refractivity contribution in [1.29, 1.82) is 0 Å². The van der Waals surface area contributed by atoms with E-state index in [1.54, 1.807) is 6.07 Å². The summed E-state index contributed by atoms with van der Waals surface area (Å²) in [4.78, 5) is 23.4. The van der Waals surface area contributed by atoms with Crippen LogP contribution >= 0.6 is 34.8 Å². The van der Waals surface area contributed by atoms with Crippen LogP contribution in [0, 0.1) is 0 Å². The van der Waals surface area contributed by atoms with Crippen molar-refractivity contribution in [2.24, 2.45) is 0 Å². The number of rotatable bonds is 3. The number of hydrogen-bond acceptors (Lipinski definition) is 2. The van der Waals surface area contributed by atoms with Crippen LogP contribution in [0.2, 0.25) is 15.1 Å². The molecule has 0 aliphatic carbocycles. The predicted octanol–water partition coefficient (Wildman–Crippen LogP) is 4.60. The fraction of sp³-hybridized carbons (Fsp3) is 0. The number of carbonyl (C=O) groups is 2. The Morgan fingerprint density at radius 3 is 2.00 bits per heavy atom. The third-order valence-corrected chi connectivity index (χ3v) is 3.62. The SMILES string of the molecule is O=C(O)c1cccc(Cl)c1NC(=O)c1c(Cl)cccc1Cl. The Morgan fingerprint density at radius 1 is 0.905 bits per heavy atom. The zero-order valence-electron chi connectivity index (χ0n) is 10.4. The minimum absolute atomic E-state index is 0.00680. The zero-order valence-corrected chi connectivity index (χ0v) is 12.6. The molecule has 2 rings (SSSR count). The lowest BCUT2D eigenvalue weighted by molar-refractivity contribution is 0.0698. The molecule has 0 unspecified atom stereocenters. The Balaban J connectivity index is 2.44. The number of carboxylic acid groups (broad SMARTS) is 1. The molecular formula is C14H8Cl3NO3. The van der Waals surface area contributed by atoms with Gasteiger partial charge in [0.25, 0.3) is 5.91 Å². The van der Waals surface area contributed by atoms with Crippen LogP contribution in [0.5, 0.6) is 0 Å². The molecular weight excluding hydrogens is 337 g/mol. The van der Waals surface area contributed by atoms with E-state index in [0.29, 0.717) is 0 Å². The molecule has 0 spiro atoms. The molecule has 0 heterocycles. The largest absolute Gasteiger partial charge is 0.478 e. The fourth-order valence-corrected chi connectivity index (χ4v) is 2.51. The van der Waals surface area contributed by atoms with Crippen LogP contribution in [-0.4, -0.2) is 17.0 Å². The monoisotopic (exact) mass is 343 g/mol. The van der Waals surface area contributed by atoms with E-state index in [0.717, 1.165) is 0 Å². The quantitative estimate of drug-likeness (QED) is 0.855. The van der Waals surface area contributed by atoms with Crippen molar-refractivity contribution < 1.29 is 14.7 Å². The molecule has 108 valence electrons. The van der Waals surface area contributed by atoms with E-state index in [1.807, 2.05) is 0 Å². The number of aromatic carboxylic acids is 1. The van der Waals surface area contributed by atoms with Crippen LogP contribution in [0.1, 0.15) is 20.7 Å². The maximum Gasteiger partial charge on any atom is 0.337 e. The fourth-order valence-electron chi connectivity index (χ4n) is 1.72. The van der Waals surface area contributed by atoms with Crippen molar-refractivity contribution in [2.45, 2.75) is 0 Å². The molecule has 2 N–H and O–H groups in total. The van der Waals surface area contributed by atoms with Crippen molar-refractivity contribution in [3.63, 3.8) is 0 Å². The number of carbonyl (C=O) groups excluding carboxylic acids is 1. The molecule has 0 saturated heterocycles. The van der Waals surface area contributed by atoms with Gasteiger partial charge in [0.05, 0.1) is 31.9 Å². The molecule has 0 saturated carbocycles. The number of para-hydroxylation sites is 1. The summed E-state index contributed by atoms with van der Waals surface area (Å²) in [5, 5.41) is 12.0. The van der Waals surface area contributed by atoms with Crippen molar-refractivity contribution in [1.82, 2.24) is 0 Å².